The zero-order valence-corrected chi connectivity index (χ0v) is 9.81. The molecule has 0 radical (unpaired) electrons. The fourth-order valence-corrected chi connectivity index (χ4v) is 1.83. The average Bonchev–Trinajstić information content (AvgIpc) is 2.18. The molecule has 0 aromatic heterocycles. The summed E-state index contributed by atoms with van der Waals surface area (Å²) in [6, 6.07) is 2.11. The van der Waals surface area contributed by atoms with Gasteiger partial charge in [0.25, 0.3) is 0 Å². The summed E-state index contributed by atoms with van der Waals surface area (Å²) in [5.74, 6) is -1.51. The minimum atomic E-state index is -4.75. The highest BCUT2D eigenvalue weighted by Crippen LogP contribution is 2.40. The Hall–Kier alpha value is -0.450. The highest BCUT2D eigenvalue weighted by molar-refractivity contribution is 6.39. The van der Waals surface area contributed by atoms with Gasteiger partial charge in [0.2, 0.25) is 0 Å². The molecule has 0 aliphatic rings. The van der Waals surface area contributed by atoms with Gasteiger partial charge in [-0.2, -0.15) is 13.2 Å². The van der Waals surface area contributed by atoms with E-state index in [0.29, 0.717) is 0 Å². The van der Waals surface area contributed by atoms with Crippen LogP contribution in [0.4, 0.5) is 13.2 Å². The lowest BCUT2D eigenvalue weighted by Crippen LogP contribution is -2.15. The summed E-state index contributed by atoms with van der Waals surface area (Å²) >= 11 is 16.2. The van der Waals surface area contributed by atoms with Crippen molar-refractivity contribution < 1.29 is 18.0 Å². The lowest BCUT2D eigenvalue weighted by Gasteiger charge is -2.14. The molecular weight excluding hydrogens is 287 g/mol. The van der Waals surface area contributed by atoms with Gasteiger partial charge in [-0.05, 0) is 12.1 Å². The Kier molecular flexibility index (Phi) is 4.10. The van der Waals surface area contributed by atoms with Gasteiger partial charge in [0, 0.05) is 0 Å². The molecule has 0 amide bonds. The molecule has 0 aliphatic heterocycles. The van der Waals surface area contributed by atoms with E-state index in [9.17, 15) is 18.0 Å². The summed E-state index contributed by atoms with van der Waals surface area (Å²) in [6.07, 6.45) is -4.75. The molecule has 7 heteroatoms. The SMILES string of the molecule is O=C(CCl)c1c(Cl)ccc(Cl)c1C(F)(F)F. The van der Waals surface area contributed by atoms with Crippen LogP contribution in [0, 0.1) is 0 Å². The number of benzene rings is 1. The molecule has 0 unspecified atom stereocenters. The second kappa shape index (κ2) is 4.82. The Labute approximate surface area is 104 Å². The van der Waals surface area contributed by atoms with Gasteiger partial charge in [0.05, 0.1) is 27.1 Å². The maximum atomic E-state index is 12.6. The molecule has 0 aliphatic carbocycles. The van der Waals surface area contributed by atoms with E-state index in [0.717, 1.165) is 12.1 Å². The summed E-state index contributed by atoms with van der Waals surface area (Å²) in [5, 5.41) is -0.896. The number of carbonyl (C=O) groups excluding carboxylic acids is 1. The number of ketones is 1. The van der Waals surface area contributed by atoms with Gasteiger partial charge < -0.3 is 0 Å². The van der Waals surface area contributed by atoms with E-state index in [4.69, 9.17) is 34.8 Å². The van der Waals surface area contributed by atoms with Crippen LogP contribution < -0.4 is 0 Å². The molecule has 0 saturated carbocycles. The summed E-state index contributed by atoms with van der Waals surface area (Å²) in [5.41, 5.74) is -1.93. The molecule has 16 heavy (non-hydrogen) atoms. The second-order valence-corrected chi connectivity index (χ2v) is 3.92. The van der Waals surface area contributed by atoms with Crippen LogP contribution >= 0.6 is 34.8 Å². The monoisotopic (exact) mass is 290 g/mol. The third-order valence-electron chi connectivity index (χ3n) is 1.79. The lowest BCUT2D eigenvalue weighted by molar-refractivity contribution is -0.137. The van der Waals surface area contributed by atoms with E-state index >= 15 is 0 Å². The summed E-state index contributed by atoms with van der Waals surface area (Å²) in [6.45, 7) is 0. The van der Waals surface area contributed by atoms with Crippen molar-refractivity contribution >= 4 is 40.6 Å². The molecule has 88 valence electrons. The number of Topliss-reactive ketones (excluding diaryl/α,β-unsaturated/α-hetero) is 1. The molecule has 0 saturated heterocycles. The number of hydrogen-bond acceptors (Lipinski definition) is 1. The van der Waals surface area contributed by atoms with Crippen LogP contribution in [-0.2, 0) is 6.18 Å². The van der Waals surface area contributed by atoms with Crippen molar-refractivity contribution in [2.45, 2.75) is 6.18 Å². The van der Waals surface area contributed by atoms with Crippen LogP contribution in [0.15, 0.2) is 12.1 Å². The zero-order chi connectivity index (χ0) is 12.5. The lowest BCUT2D eigenvalue weighted by atomic mass is 10.0. The first kappa shape index (κ1) is 13.6. The second-order valence-electron chi connectivity index (χ2n) is 2.83. The van der Waals surface area contributed by atoms with Gasteiger partial charge in [0.1, 0.15) is 0 Å². The molecular formula is C9H4Cl3F3O. The van der Waals surface area contributed by atoms with Gasteiger partial charge in [-0.15, -0.1) is 11.6 Å². The number of carbonyl (C=O) groups is 1. The predicted molar refractivity (Wildman–Crippen MR) is 56.5 cm³/mol. The van der Waals surface area contributed by atoms with Crippen LogP contribution in [0.1, 0.15) is 15.9 Å². The van der Waals surface area contributed by atoms with Gasteiger partial charge in [-0.25, -0.2) is 0 Å². The highest BCUT2D eigenvalue weighted by atomic mass is 35.5. The van der Waals surface area contributed by atoms with Gasteiger partial charge in [0.15, 0.2) is 5.78 Å². The first-order valence-electron chi connectivity index (χ1n) is 3.93. The minimum absolute atomic E-state index is 0.317. The molecule has 1 nitrogen and oxygen atoms in total. The number of halogens is 6. The van der Waals surface area contributed by atoms with E-state index in [-0.39, 0.29) is 5.02 Å². The molecule has 1 rings (SSSR count). The molecule has 0 bridgehead atoms. The van der Waals surface area contributed by atoms with Gasteiger partial charge >= 0.3 is 6.18 Å². The predicted octanol–water partition coefficient (Wildman–Crippen LogP) is 4.43. The fraction of sp³-hybridized carbons (Fsp3) is 0.222. The average molecular weight is 291 g/mol. The molecule has 0 N–H and O–H groups in total. The molecule has 0 atom stereocenters. The topological polar surface area (TPSA) is 17.1 Å². The van der Waals surface area contributed by atoms with Crippen LogP contribution in [0.25, 0.3) is 0 Å². The third kappa shape index (κ3) is 2.62. The van der Waals surface area contributed by atoms with E-state index < -0.39 is 34.0 Å². The normalized spacial score (nSPS) is 11.6. The smallest absolute Gasteiger partial charge is 0.293 e. The highest BCUT2D eigenvalue weighted by Gasteiger charge is 2.38. The Bertz CT molecular complexity index is 429. The van der Waals surface area contributed by atoms with Crippen molar-refractivity contribution in [2.75, 3.05) is 5.88 Å². The number of rotatable bonds is 2. The molecule has 1 aromatic carbocycles. The largest absolute Gasteiger partial charge is 0.418 e. The molecule has 0 fully saturated rings. The minimum Gasteiger partial charge on any atom is -0.293 e. The Morgan fingerprint density at radius 1 is 1.19 bits per heavy atom. The maximum Gasteiger partial charge on any atom is 0.418 e. The van der Waals surface area contributed by atoms with Crippen molar-refractivity contribution in [3.05, 3.63) is 33.3 Å². The van der Waals surface area contributed by atoms with Crippen LogP contribution in [0.2, 0.25) is 10.0 Å². The van der Waals surface area contributed by atoms with Crippen molar-refractivity contribution in [3.8, 4) is 0 Å². The van der Waals surface area contributed by atoms with Gasteiger partial charge in [-0.1, -0.05) is 23.2 Å². The number of hydrogen-bond donors (Lipinski definition) is 0. The van der Waals surface area contributed by atoms with Crippen molar-refractivity contribution in [2.24, 2.45) is 0 Å². The van der Waals surface area contributed by atoms with E-state index in [2.05, 4.69) is 0 Å². The summed E-state index contributed by atoms with van der Waals surface area (Å²) in [7, 11) is 0. The first-order chi connectivity index (χ1) is 7.29. The molecule has 0 spiro atoms. The van der Waals surface area contributed by atoms with Crippen LogP contribution in [0.3, 0.4) is 0 Å². The van der Waals surface area contributed by atoms with E-state index in [1.165, 1.54) is 0 Å². The van der Waals surface area contributed by atoms with E-state index in [1.54, 1.807) is 0 Å². The third-order valence-corrected chi connectivity index (χ3v) is 2.66. The van der Waals surface area contributed by atoms with Crippen LogP contribution in [0.5, 0.6) is 0 Å². The summed E-state index contributed by atoms with van der Waals surface area (Å²) < 4.78 is 37.9. The van der Waals surface area contributed by atoms with Gasteiger partial charge in [-0.3, -0.25) is 4.79 Å². The quantitative estimate of drug-likeness (QED) is 0.582. The summed E-state index contributed by atoms with van der Waals surface area (Å²) in [4.78, 5) is 11.3. The fourth-order valence-electron chi connectivity index (χ4n) is 1.17. The number of alkyl halides is 4. The maximum absolute atomic E-state index is 12.6. The van der Waals surface area contributed by atoms with Crippen molar-refractivity contribution in [3.63, 3.8) is 0 Å². The Balaban J connectivity index is 3.56. The Morgan fingerprint density at radius 3 is 2.12 bits per heavy atom. The zero-order valence-electron chi connectivity index (χ0n) is 7.54. The Morgan fingerprint density at radius 2 is 1.69 bits per heavy atom. The first-order valence-corrected chi connectivity index (χ1v) is 5.22. The van der Waals surface area contributed by atoms with E-state index in [1.807, 2.05) is 0 Å². The van der Waals surface area contributed by atoms with Crippen LogP contribution in [-0.4, -0.2) is 11.7 Å². The van der Waals surface area contributed by atoms with Crippen molar-refractivity contribution in [1.82, 2.24) is 0 Å². The molecule has 0 heterocycles. The van der Waals surface area contributed by atoms with Crippen molar-refractivity contribution in [1.29, 1.82) is 0 Å². The standard InChI is InChI=1S/C9H4Cl3F3O/c10-3-6(16)7-4(11)1-2-5(12)8(7)9(13,14)15/h1-2H,3H2. The molecule has 1 aromatic rings.